The van der Waals surface area contributed by atoms with Crippen molar-refractivity contribution in [2.75, 3.05) is 20.1 Å². The van der Waals surface area contributed by atoms with Gasteiger partial charge < -0.3 is 4.90 Å². The molecule has 4 heteroatoms. The van der Waals surface area contributed by atoms with Crippen molar-refractivity contribution in [1.29, 1.82) is 0 Å². The van der Waals surface area contributed by atoms with Crippen LogP contribution in [0.25, 0.3) is 0 Å². The normalized spacial score (nSPS) is 21.3. The molecule has 15 heavy (non-hydrogen) atoms. The van der Waals surface area contributed by atoms with E-state index in [4.69, 9.17) is 0 Å². The van der Waals surface area contributed by atoms with E-state index in [1.165, 1.54) is 6.08 Å². The van der Waals surface area contributed by atoms with Gasteiger partial charge in [-0.3, -0.25) is 4.98 Å². The molecule has 0 aliphatic carbocycles. The molecular weight excluding hydrogens is 190 g/mol. The van der Waals surface area contributed by atoms with Gasteiger partial charge >= 0.3 is 0 Å². The fraction of sp³-hybridized carbons (Fsp3) is 0.455. The molecule has 0 aromatic carbocycles. The number of carbonyl (C=O) groups excluding carboxylic acids is 1. The second kappa shape index (κ2) is 4.34. The van der Waals surface area contributed by atoms with Crippen LogP contribution in [-0.4, -0.2) is 36.1 Å². The number of nitrogens with zero attached hydrogens (tertiary/aromatic N) is 3. The number of aromatic nitrogens is 1. The summed E-state index contributed by atoms with van der Waals surface area (Å²) in [6, 6.07) is 1.92. The molecule has 1 aliphatic rings. The molecular formula is C11H13N3O. The van der Waals surface area contributed by atoms with Gasteiger partial charge in [0.25, 0.3) is 0 Å². The quantitative estimate of drug-likeness (QED) is 0.540. The van der Waals surface area contributed by atoms with Gasteiger partial charge in [0.15, 0.2) is 0 Å². The lowest BCUT2D eigenvalue weighted by molar-refractivity contribution is 0.411. The van der Waals surface area contributed by atoms with Crippen LogP contribution < -0.4 is 0 Å². The topological polar surface area (TPSA) is 45.6 Å². The fourth-order valence-electron chi connectivity index (χ4n) is 1.99. The first kappa shape index (κ1) is 10.0. The first-order valence-electron chi connectivity index (χ1n) is 5.01. The Morgan fingerprint density at radius 3 is 3.13 bits per heavy atom. The summed E-state index contributed by atoms with van der Waals surface area (Å²) in [4.78, 5) is 20.1. The molecule has 1 saturated heterocycles. The molecule has 0 bridgehead atoms. The SMILES string of the molecule is CN1CCC(c2cncc(N=C=O)c2)C1. The van der Waals surface area contributed by atoms with Gasteiger partial charge in [-0.2, -0.15) is 4.99 Å². The number of aliphatic imine (C=N–C) groups is 1. The molecule has 1 aromatic heterocycles. The maximum absolute atomic E-state index is 10.1. The Balaban J connectivity index is 2.21. The van der Waals surface area contributed by atoms with Gasteiger partial charge in [-0.25, -0.2) is 4.79 Å². The van der Waals surface area contributed by atoms with Crippen LogP contribution in [0.4, 0.5) is 5.69 Å². The second-order valence-electron chi connectivity index (χ2n) is 3.93. The lowest BCUT2D eigenvalue weighted by Gasteiger charge is -2.10. The van der Waals surface area contributed by atoms with Gasteiger partial charge in [0.2, 0.25) is 6.08 Å². The summed E-state index contributed by atoms with van der Waals surface area (Å²) < 4.78 is 0. The van der Waals surface area contributed by atoms with E-state index < -0.39 is 0 Å². The molecule has 0 saturated carbocycles. The van der Waals surface area contributed by atoms with Gasteiger partial charge in [0, 0.05) is 12.7 Å². The predicted octanol–water partition coefficient (Wildman–Crippen LogP) is 1.47. The largest absolute Gasteiger partial charge is 0.306 e. The van der Waals surface area contributed by atoms with Crippen LogP contribution in [-0.2, 0) is 4.79 Å². The monoisotopic (exact) mass is 203 g/mol. The predicted molar refractivity (Wildman–Crippen MR) is 56.9 cm³/mol. The minimum absolute atomic E-state index is 0.518. The minimum Gasteiger partial charge on any atom is -0.306 e. The molecule has 0 radical (unpaired) electrons. The molecule has 0 amide bonds. The maximum Gasteiger partial charge on any atom is 0.240 e. The molecule has 78 valence electrons. The third-order valence-electron chi connectivity index (χ3n) is 2.78. The van der Waals surface area contributed by atoms with Crippen LogP contribution in [0, 0.1) is 0 Å². The summed E-state index contributed by atoms with van der Waals surface area (Å²) in [7, 11) is 2.11. The Kier molecular flexibility index (Phi) is 2.90. The van der Waals surface area contributed by atoms with E-state index in [0.717, 1.165) is 25.1 Å². The fourth-order valence-corrected chi connectivity index (χ4v) is 1.99. The highest BCUT2D eigenvalue weighted by atomic mass is 16.1. The van der Waals surface area contributed by atoms with Gasteiger partial charge in [-0.05, 0) is 37.6 Å². The average Bonchev–Trinajstić information content (AvgIpc) is 2.66. The Labute approximate surface area is 88.7 Å². The van der Waals surface area contributed by atoms with Gasteiger partial charge in [-0.1, -0.05) is 0 Å². The van der Waals surface area contributed by atoms with Gasteiger partial charge in [-0.15, -0.1) is 0 Å². The number of rotatable bonds is 2. The molecule has 4 nitrogen and oxygen atoms in total. The molecule has 0 N–H and O–H groups in total. The average molecular weight is 203 g/mol. The molecule has 1 atom stereocenters. The Hall–Kier alpha value is -1.51. The number of hydrogen-bond acceptors (Lipinski definition) is 4. The smallest absolute Gasteiger partial charge is 0.240 e. The van der Waals surface area contributed by atoms with Crippen molar-refractivity contribution in [1.82, 2.24) is 9.88 Å². The number of pyridine rings is 1. The van der Waals surface area contributed by atoms with E-state index in [1.807, 2.05) is 12.3 Å². The van der Waals surface area contributed by atoms with Crippen LogP contribution >= 0.6 is 0 Å². The van der Waals surface area contributed by atoms with E-state index in [1.54, 1.807) is 6.20 Å². The lowest BCUT2D eigenvalue weighted by atomic mass is 10.0. The zero-order chi connectivity index (χ0) is 10.7. The Morgan fingerprint density at radius 2 is 2.47 bits per heavy atom. The van der Waals surface area contributed by atoms with Crippen LogP contribution in [0.15, 0.2) is 23.5 Å². The summed E-state index contributed by atoms with van der Waals surface area (Å²) in [5.74, 6) is 0.518. The summed E-state index contributed by atoms with van der Waals surface area (Å²) in [5.41, 5.74) is 1.76. The number of likely N-dealkylation sites (tertiary alicyclic amines) is 1. The van der Waals surface area contributed by atoms with Gasteiger partial charge in [0.05, 0.1) is 11.9 Å². The molecule has 0 spiro atoms. The molecule has 2 rings (SSSR count). The number of hydrogen-bond donors (Lipinski definition) is 0. The molecule has 1 fully saturated rings. The maximum atomic E-state index is 10.1. The van der Waals surface area contributed by atoms with Crippen molar-refractivity contribution < 1.29 is 4.79 Å². The lowest BCUT2D eigenvalue weighted by Crippen LogP contribution is -2.13. The van der Waals surface area contributed by atoms with Crippen molar-refractivity contribution >= 4 is 11.8 Å². The standard InChI is InChI=1S/C11H13N3O/c1-14-3-2-9(7-14)10-4-11(13-8-15)6-12-5-10/h4-6,9H,2-3,7H2,1H3. The first-order valence-corrected chi connectivity index (χ1v) is 5.01. The van der Waals surface area contributed by atoms with Crippen molar-refractivity contribution in [3.63, 3.8) is 0 Å². The highest BCUT2D eigenvalue weighted by Gasteiger charge is 2.21. The number of isocyanates is 1. The minimum atomic E-state index is 0.518. The molecule has 1 aliphatic heterocycles. The molecule has 1 unspecified atom stereocenters. The number of likely N-dealkylation sites (N-methyl/N-ethyl adjacent to an activating group) is 1. The molecule has 1 aromatic rings. The summed E-state index contributed by atoms with van der Waals surface area (Å²) in [6.07, 6.45) is 6.11. The van der Waals surface area contributed by atoms with Crippen LogP contribution in [0.1, 0.15) is 17.9 Å². The van der Waals surface area contributed by atoms with Crippen molar-refractivity contribution in [3.8, 4) is 0 Å². The first-order chi connectivity index (χ1) is 7.29. The summed E-state index contributed by atoms with van der Waals surface area (Å²) in [6.45, 7) is 2.17. The highest BCUT2D eigenvalue weighted by molar-refractivity contribution is 5.48. The van der Waals surface area contributed by atoms with Crippen LogP contribution in [0.2, 0.25) is 0 Å². The van der Waals surface area contributed by atoms with E-state index in [2.05, 4.69) is 21.9 Å². The second-order valence-corrected chi connectivity index (χ2v) is 3.93. The van der Waals surface area contributed by atoms with E-state index in [0.29, 0.717) is 11.6 Å². The zero-order valence-corrected chi connectivity index (χ0v) is 8.68. The third kappa shape index (κ3) is 2.29. The van der Waals surface area contributed by atoms with Crippen molar-refractivity contribution in [3.05, 3.63) is 24.0 Å². The van der Waals surface area contributed by atoms with Crippen molar-refractivity contribution in [2.45, 2.75) is 12.3 Å². The van der Waals surface area contributed by atoms with Gasteiger partial charge in [0.1, 0.15) is 0 Å². The Morgan fingerprint density at radius 1 is 1.60 bits per heavy atom. The molecule has 2 heterocycles. The van der Waals surface area contributed by atoms with E-state index in [-0.39, 0.29) is 0 Å². The summed E-state index contributed by atoms with van der Waals surface area (Å²) >= 11 is 0. The van der Waals surface area contributed by atoms with Crippen molar-refractivity contribution in [2.24, 2.45) is 4.99 Å². The zero-order valence-electron chi connectivity index (χ0n) is 8.68. The van der Waals surface area contributed by atoms with Crippen LogP contribution in [0.3, 0.4) is 0 Å². The third-order valence-corrected chi connectivity index (χ3v) is 2.78. The Bertz CT molecular complexity index is 399. The van der Waals surface area contributed by atoms with Crippen LogP contribution in [0.5, 0.6) is 0 Å². The summed E-state index contributed by atoms with van der Waals surface area (Å²) in [5, 5.41) is 0. The van der Waals surface area contributed by atoms with E-state index >= 15 is 0 Å². The van der Waals surface area contributed by atoms with E-state index in [9.17, 15) is 4.79 Å². The highest BCUT2D eigenvalue weighted by Crippen LogP contribution is 2.27.